The molecule has 0 radical (unpaired) electrons. The van der Waals surface area contributed by atoms with Crippen LogP contribution in [0.1, 0.15) is 20.8 Å². The smallest absolute Gasteiger partial charge is 0.416 e. The maximum absolute atomic E-state index is 11.0. The van der Waals surface area contributed by atoms with E-state index in [1.165, 1.54) is 20.8 Å². The molecule has 0 atom stereocenters. The lowest BCUT2D eigenvalue weighted by atomic mass is 10.2. The molecule has 0 aromatic carbocycles. The van der Waals surface area contributed by atoms with Crippen LogP contribution >= 0.6 is 0 Å². The first-order chi connectivity index (χ1) is 5.37. The monoisotopic (exact) mass is 171 g/mol. The Morgan fingerprint density at radius 3 is 2.33 bits per heavy atom. The topological polar surface area (TPSA) is 75.8 Å². The molecule has 0 bridgehead atoms. The highest BCUT2D eigenvalue weighted by molar-refractivity contribution is 5.94. The quantitative estimate of drug-likeness (QED) is 0.397. The lowest BCUT2D eigenvalue weighted by molar-refractivity contribution is -0.602. The van der Waals surface area contributed by atoms with Crippen molar-refractivity contribution >= 4 is 11.9 Å². The fourth-order valence-corrected chi connectivity index (χ4v) is 1.08. The van der Waals surface area contributed by atoms with Crippen LogP contribution in [0.2, 0.25) is 0 Å². The number of hydrogen-bond donors (Lipinski definition) is 0. The van der Waals surface area contributed by atoms with Gasteiger partial charge in [-0.1, -0.05) is 4.86 Å². The lowest BCUT2D eigenvalue weighted by Gasteiger charge is -2.22. The van der Waals surface area contributed by atoms with Crippen LogP contribution in [-0.4, -0.2) is 27.4 Å². The van der Waals surface area contributed by atoms with Crippen molar-refractivity contribution in [1.29, 1.82) is 0 Å². The molecular formula is C6H9N3O3. The van der Waals surface area contributed by atoms with E-state index in [9.17, 15) is 14.8 Å². The summed E-state index contributed by atoms with van der Waals surface area (Å²) >= 11 is 0. The summed E-state index contributed by atoms with van der Waals surface area (Å²) in [6.07, 6.45) is 0. The molecule has 0 saturated heterocycles. The highest BCUT2D eigenvalue weighted by Crippen LogP contribution is 2.22. The van der Waals surface area contributed by atoms with Gasteiger partial charge in [0.25, 0.3) is 5.66 Å². The number of imide groups is 1. The van der Waals surface area contributed by atoms with E-state index in [4.69, 9.17) is 0 Å². The van der Waals surface area contributed by atoms with Gasteiger partial charge in [0, 0.05) is 20.8 Å². The van der Waals surface area contributed by atoms with Crippen LogP contribution in [0, 0.1) is 5.21 Å². The average molecular weight is 171 g/mol. The van der Waals surface area contributed by atoms with Crippen molar-refractivity contribution in [1.82, 2.24) is 4.90 Å². The minimum absolute atomic E-state index is 0.233. The number of nitrogens with zero attached hydrogens (tertiary/aromatic N) is 3. The van der Waals surface area contributed by atoms with E-state index < -0.39 is 17.6 Å². The van der Waals surface area contributed by atoms with Crippen molar-refractivity contribution in [3.8, 4) is 0 Å². The highest BCUT2D eigenvalue weighted by Gasteiger charge is 2.49. The van der Waals surface area contributed by atoms with Crippen LogP contribution < -0.4 is 0 Å². The van der Waals surface area contributed by atoms with Crippen molar-refractivity contribution in [2.75, 3.05) is 0 Å². The van der Waals surface area contributed by atoms with E-state index in [1.807, 2.05) is 0 Å². The second-order valence-corrected chi connectivity index (χ2v) is 3.00. The number of urea groups is 1. The van der Waals surface area contributed by atoms with Gasteiger partial charge in [-0.25, -0.2) is 4.79 Å². The minimum Gasteiger partial charge on any atom is -0.598 e. The Morgan fingerprint density at radius 1 is 1.67 bits per heavy atom. The summed E-state index contributed by atoms with van der Waals surface area (Å²) in [6, 6.07) is -0.803. The Hall–Kier alpha value is -1.46. The van der Waals surface area contributed by atoms with E-state index in [0.717, 1.165) is 4.90 Å². The van der Waals surface area contributed by atoms with Crippen LogP contribution in [0.5, 0.6) is 0 Å². The molecule has 12 heavy (non-hydrogen) atoms. The molecule has 0 aromatic heterocycles. The van der Waals surface area contributed by atoms with Crippen LogP contribution in [0.4, 0.5) is 4.79 Å². The largest absolute Gasteiger partial charge is 0.598 e. The van der Waals surface area contributed by atoms with E-state index >= 15 is 0 Å². The molecule has 66 valence electrons. The van der Waals surface area contributed by atoms with Gasteiger partial charge in [-0.15, -0.1) is 0 Å². The van der Waals surface area contributed by atoms with Gasteiger partial charge in [-0.05, 0) is 0 Å². The van der Waals surface area contributed by atoms with Gasteiger partial charge < -0.3 is 5.21 Å². The van der Waals surface area contributed by atoms with Gasteiger partial charge in [0.15, 0.2) is 0 Å². The first-order valence-electron chi connectivity index (χ1n) is 3.41. The number of azo groups is 1. The molecule has 1 aliphatic rings. The van der Waals surface area contributed by atoms with Crippen molar-refractivity contribution in [2.45, 2.75) is 26.4 Å². The second kappa shape index (κ2) is 2.26. The van der Waals surface area contributed by atoms with E-state index in [0.29, 0.717) is 0 Å². The fraction of sp³-hybridized carbons (Fsp3) is 0.667. The zero-order chi connectivity index (χ0) is 9.52. The predicted octanol–water partition coefficient (Wildman–Crippen LogP) is 0.667. The Bertz CT molecular complexity index is 282. The Morgan fingerprint density at radius 2 is 2.17 bits per heavy atom. The van der Waals surface area contributed by atoms with Crippen molar-refractivity contribution in [3.05, 3.63) is 5.21 Å². The van der Waals surface area contributed by atoms with E-state index in [2.05, 4.69) is 5.11 Å². The second-order valence-electron chi connectivity index (χ2n) is 3.00. The molecule has 0 aromatic rings. The molecule has 1 rings (SSSR count). The minimum atomic E-state index is -1.19. The van der Waals surface area contributed by atoms with Crippen molar-refractivity contribution in [2.24, 2.45) is 5.11 Å². The SMILES string of the molecule is CC(=O)N1C(=O)N=[N+]([O-])C1(C)C. The van der Waals surface area contributed by atoms with E-state index in [-0.39, 0.29) is 4.86 Å². The maximum Gasteiger partial charge on any atom is 0.416 e. The highest BCUT2D eigenvalue weighted by atomic mass is 16.5. The van der Waals surface area contributed by atoms with E-state index in [1.54, 1.807) is 0 Å². The molecule has 0 aliphatic carbocycles. The third kappa shape index (κ3) is 0.956. The van der Waals surface area contributed by atoms with Crippen molar-refractivity contribution < 1.29 is 14.4 Å². The van der Waals surface area contributed by atoms with Gasteiger partial charge in [0.1, 0.15) is 0 Å². The predicted molar refractivity (Wildman–Crippen MR) is 38.1 cm³/mol. The van der Waals surface area contributed by atoms with Gasteiger partial charge in [-0.2, -0.15) is 4.90 Å². The summed E-state index contributed by atoms with van der Waals surface area (Å²) < 4.78 is 0. The molecule has 0 fully saturated rings. The summed E-state index contributed by atoms with van der Waals surface area (Å²) in [7, 11) is 0. The summed E-state index contributed by atoms with van der Waals surface area (Å²) in [5.41, 5.74) is -1.19. The Kier molecular flexibility index (Phi) is 1.63. The summed E-state index contributed by atoms with van der Waals surface area (Å²) in [5.74, 6) is -0.480. The van der Waals surface area contributed by atoms with Crippen LogP contribution in [0.25, 0.3) is 0 Å². The normalized spacial score (nSPS) is 21.1. The number of carbonyl (C=O) groups excluding carboxylic acids is 2. The maximum atomic E-state index is 11.0. The Balaban J connectivity index is 3.08. The number of carbonyl (C=O) groups is 2. The summed E-state index contributed by atoms with van der Waals surface area (Å²) in [4.78, 5) is 22.9. The van der Waals surface area contributed by atoms with Crippen molar-refractivity contribution in [3.63, 3.8) is 0 Å². The lowest BCUT2D eigenvalue weighted by Crippen LogP contribution is -2.48. The molecule has 0 spiro atoms. The fourth-order valence-electron chi connectivity index (χ4n) is 1.08. The Labute approximate surface area is 69.0 Å². The molecule has 6 nitrogen and oxygen atoms in total. The van der Waals surface area contributed by atoms with Gasteiger partial charge in [0.05, 0.1) is 5.11 Å². The number of rotatable bonds is 0. The molecule has 0 unspecified atom stereocenters. The third-order valence-corrected chi connectivity index (χ3v) is 1.70. The number of amides is 3. The van der Waals surface area contributed by atoms with Crippen LogP contribution in [-0.2, 0) is 4.79 Å². The molecule has 0 N–H and O–H groups in total. The summed E-state index contributed by atoms with van der Waals surface area (Å²) in [5, 5.41) is 14.0. The molecular weight excluding hydrogens is 162 g/mol. The molecule has 1 heterocycles. The average Bonchev–Trinajstić information content (AvgIpc) is 2.02. The van der Waals surface area contributed by atoms with Crippen LogP contribution in [0.3, 0.4) is 0 Å². The van der Waals surface area contributed by atoms with Gasteiger partial charge in [-0.3, -0.25) is 4.79 Å². The van der Waals surface area contributed by atoms with Gasteiger partial charge >= 0.3 is 6.03 Å². The third-order valence-electron chi connectivity index (χ3n) is 1.70. The number of hydrogen-bond acceptors (Lipinski definition) is 3. The molecule has 6 heteroatoms. The first kappa shape index (κ1) is 8.63. The number of hydroxylamine groups is 1. The van der Waals surface area contributed by atoms with Crippen LogP contribution in [0.15, 0.2) is 5.11 Å². The molecule has 0 saturated carbocycles. The summed E-state index contributed by atoms with van der Waals surface area (Å²) in [6.45, 7) is 4.12. The van der Waals surface area contributed by atoms with Gasteiger partial charge in [0.2, 0.25) is 5.91 Å². The zero-order valence-corrected chi connectivity index (χ0v) is 7.07. The molecule has 1 aliphatic heterocycles. The molecule has 3 amide bonds. The standard InChI is InChI=1S/C6H9N3O3/c1-4(10)8-5(11)7-9(12)6(8,2)3/h1-3H3. The first-order valence-corrected chi connectivity index (χ1v) is 3.41. The zero-order valence-electron chi connectivity index (χ0n) is 7.07.